The zero-order chi connectivity index (χ0) is 15.5. The summed E-state index contributed by atoms with van der Waals surface area (Å²) >= 11 is 0. The van der Waals surface area contributed by atoms with Gasteiger partial charge in [-0.15, -0.1) is 0 Å². The van der Waals surface area contributed by atoms with Gasteiger partial charge in [-0.3, -0.25) is 4.79 Å². The molecule has 1 unspecified atom stereocenters. The highest BCUT2D eigenvalue weighted by Crippen LogP contribution is 2.24. The Hall–Kier alpha value is -1.55. The molecule has 1 aromatic carbocycles. The number of piperidine rings is 1. The zero-order valence-electron chi connectivity index (χ0n) is 13.1. The van der Waals surface area contributed by atoms with Crippen LogP contribution in [-0.2, 0) is 10.2 Å². The molecule has 116 valence electrons. The molecule has 1 aliphatic rings. The molecule has 4 heteroatoms. The Bertz CT molecular complexity index is 476. The number of nitrogens with zero attached hydrogens (tertiary/aromatic N) is 1. The van der Waals surface area contributed by atoms with E-state index in [-0.39, 0.29) is 17.9 Å². The van der Waals surface area contributed by atoms with Crippen LogP contribution >= 0.6 is 0 Å². The predicted octanol–water partition coefficient (Wildman–Crippen LogP) is 2.35. The fraction of sp³-hybridized carbons (Fsp3) is 0.588. The molecule has 1 fully saturated rings. The number of rotatable bonds is 3. The number of hydrogen-bond donors (Lipinski definition) is 1. The van der Waals surface area contributed by atoms with Crippen molar-refractivity contribution in [1.29, 1.82) is 0 Å². The highest BCUT2D eigenvalue weighted by molar-refractivity contribution is 5.77. The van der Waals surface area contributed by atoms with E-state index in [9.17, 15) is 9.90 Å². The second kappa shape index (κ2) is 6.48. The van der Waals surface area contributed by atoms with E-state index in [0.717, 1.165) is 12.8 Å². The van der Waals surface area contributed by atoms with Gasteiger partial charge in [-0.25, -0.2) is 0 Å². The molecule has 0 saturated carbocycles. The normalized spacial score (nSPS) is 19.4. The van der Waals surface area contributed by atoms with Gasteiger partial charge in [0.15, 0.2) is 6.61 Å². The molecule has 1 heterocycles. The number of carbonyl (C=O) groups is 1. The van der Waals surface area contributed by atoms with E-state index in [1.54, 1.807) is 4.90 Å². The lowest BCUT2D eigenvalue weighted by atomic mass is 9.87. The summed E-state index contributed by atoms with van der Waals surface area (Å²) in [5.74, 6) is 0.641. The van der Waals surface area contributed by atoms with Crippen LogP contribution in [0.2, 0.25) is 0 Å². The molecule has 1 aromatic rings. The molecule has 4 nitrogen and oxygen atoms in total. The van der Waals surface area contributed by atoms with Gasteiger partial charge in [-0.05, 0) is 36.0 Å². The number of carbonyl (C=O) groups excluding carboxylic acids is 1. The summed E-state index contributed by atoms with van der Waals surface area (Å²) in [7, 11) is 0. The summed E-state index contributed by atoms with van der Waals surface area (Å²) in [5.41, 5.74) is 1.35. The molecule has 1 aliphatic heterocycles. The predicted molar refractivity (Wildman–Crippen MR) is 82.5 cm³/mol. The average molecular weight is 291 g/mol. The van der Waals surface area contributed by atoms with Crippen LogP contribution in [-0.4, -0.2) is 41.7 Å². The van der Waals surface area contributed by atoms with E-state index in [1.807, 2.05) is 24.3 Å². The molecule has 1 atom stereocenters. The second-order valence-corrected chi connectivity index (χ2v) is 6.70. The van der Waals surface area contributed by atoms with Gasteiger partial charge in [0, 0.05) is 13.1 Å². The first kappa shape index (κ1) is 15.8. The SMILES string of the molecule is CC(C)(C)c1ccc(OCC(=O)N2CCCC(O)C2)cc1. The average Bonchev–Trinajstić information content (AvgIpc) is 2.44. The summed E-state index contributed by atoms with van der Waals surface area (Å²) in [6.07, 6.45) is 1.24. The van der Waals surface area contributed by atoms with Gasteiger partial charge < -0.3 is 14.7 Å². The van der Waals surface area contributed by atoms with Crippen molar-refractivity contribution in [2.45, 2.75) is 45.1 Å². The third-order valence-corrected chi connectivity index (χ3v) is 3.83. The quantitative estimate of drug-likeness (QED) is 0.930. The van der Waals surface area contributed by atoms with Gasteiger partial charge in [0.25, 0.3) is 5.91 Å². The first-order valence-corrected chi connectivity index (χ1v) is 7.55. The molecule has 0 bridgehead atoms. The molecule has 1 N–H and O–H groups in total. The molecular formula is C17H25NO3. The number of aliphatic hydroxyl groups excluding tert-OH is 1. The second-order valence-electron chi connectivity index (χ2n) is 6.70. The van der Waals surface area contributed by atoms with Crippen molar-refractivity contribution in [3.8, 4) is 5.75 Å². The van der Waals surface area contributed by atoms with E-state index in [0.29, 0.717) is 18.8 Å². The Labute approximate surface area is 126 Å². The van der Waals surface area contributed by atoms with E-state index >= 15 is 0 Å². The van der Waals surface area contributed by atoms with Crippen LogP contribution in [0.1, 0.15) is 39.2 Å². The summed E-state index contributed by atoms with van der Waals surface area (Å²) in [5, 5.41) is 9.59. The van der Waals surface area contributed by atoms with Crippen molar-refractivity contribution in [2.75, 3.05) is 19.7 Å². The fourth-order valence-corrected chi connectivity index (χ4v) is 2.47. The van der Waals surface area contributed by atoms with Crippen LogP contribution in [0.15, 0.2) is 24.3 Å². The van der Waals surface area contributed by atoms with Crippen LogP contribution in [0.25, 0.3) is 0 Å². The minimum absolute atomic E-state index is 0.0293. The number of aliphatic hydroxyl groups is 1. The third-order valence-electron chi connectivity index (χ3n) is 3.83. The monoisotopic (exact) mass is 291 g/mol. The lowest BCUT2D eigenvalue weighted by molar-refractivity contribution is -0.136. The van der Waals surface area contributed by atoms with Crippen LogP contribution < -0.4 is 4.74 Å². The molecule has 0 spiro atoms. The number of amides is 1. The first-order valence-electron chi connectivity index (χ1n) is 7.55. The van der Waals surface area contributed by atoms with Crippen LogP contribution in [0.5, 0.6) is 5.75 Å². The largest absolute Gasteiger partial charge is 0.484 e. The van der Waals surface area contributed by atoms with Crippen molar-refractivity contribution in [1.82, 2.24) is 4.90 Å². The molecule has 21 heavy (non-hydrogen) atoms. The number of β-amino-alcohol motifs (C(OH)–C–C–N with tert-alkyl or cyclic N) is 1. The Morgan fingerprint density at radius 1 is 1.33 bits per heavy atom. The lowest BCUT2D eigenvalue weighted by Crippen LogP contribution is -2.44. The Balaban J connectivity index is 1.86. The Morgan fingerprint density at radius 3 is 2.57 bits per heavy atom. The fourth-order valence-electron chi connectivity index (χ4n) is 2.47. The molecule has 0 radical (unpaired) electrons. The molecule has 0 aromatic heterocycles. The molecule has 1 amide bonds. The Kier molecular flexibility index (Phi) is 4.88. The number of hydrogen-bond acceptors (Lipinski definition) is 3. The number of likely N-dealkylation sites (tertiary alicyclic amines) is 1. The summed E-state index contributed by atoms with van der Waals surface area (Å²) in [6.45, 7) is 7.64. The van der Waals surface area contributed by atoms with Crippen molar-refractivity contribution >= 4 is 5.91 Å². The van der Waals surface area contributed by atoms with E-state index < -0.39 is 6.10 Å². The maximum atomic E-state index is 12.0. The van der Waals surface area contributed by atoms with Crippen LogP contribution in [0, 0.1) is 0 Å². The molecule has 0 aliphatic carbocycles. The van der Waals surface area contributed by atoms with Crippen molar-refractivity contribution < 1.29 is 14.6 Å². The van der Waals surface area contributed by atoms with Crippen LogP contribution in [0.3, 0.4) is 0 Å². The summed E-state index contributed by atoms with van der Waals surface area (Å²) in [4.78, 5) is 13.7. The molecule has 2 rings (SSSR count). The van der Waals surface area contributed by atoms with Gasteiger partial charge in [0.05, 0.1) is 6.10 Å². The number of benzene rings is 1. The Morgan fingerprint density at radius 2 is 2.00 bits per heavy atom. The third kappa shape index (κ3) is 4.46. The molecular weight excluding hydrogens is 266 g/mol. The summed E-state index contributed by atoms with van der Waals surface area (Å²) < 4.78 is 5.55. The van der Waals surface area contributed by atoms with Gasteiger partial charge in [-0.2, -0.15) is 0 Å². The smallest absolute Gasteiger partial charge is 0.260 e. The van der Waals surface area contributed by atoms with E-state index in [4.69, 9.17) is 4.74 Å². The van der Waals surface area contributed by atoms with Gasteiger partial charge >= 0.3 is 0 Å². The lowest BCUT2D eigenvalue weighted by Gasteiger charge is -2.30. The van der Waals surface area contributed by atoms with E-state index in [1.165, 1.54) is 5.56 Å². The maximum absolute atomic E-state index is 12.0. The van der Waals surface area contributed by atoms with Gasteiger partial charge in [0.2, 0.25) is 0 Å². The van der Waals surface area contributed by atoms with Crippen molar-refractivity contribution in [3.63, 3.8) is 0 Å². The highest BCUT2D eigenvalue weighted by Gasteiger charge is 2.22. The standard InChI is InChI=1S/C17H25NO3/c1-17(2,3)13-6-8-15(9-7-13)21-12-16(20)18-10-4-5-14(19)11-18/h6-9,14,19H,4-5,10-12H2,1-3H3. The maximum Gasteiger partial charge on any atom is 0.260 e. The summed E-state index contributed by atoms with van der Waals surface area (Å²) in [6, 6.07) is 7.87. The van der Waals surface area contributed by atoms with Gasteiger partial charge in [0.1, 0.15) is 5.75 Å². The minimum atomic E-state index is -0.395. The van der Waals surface area contributed by atoms with Crippen molar-refractivity contribution in [3.05, 3.63) is 29.8 Å². The zero-order valence-corrected chi connectivity index (χ0v) is 13.1. The van der Waals surface area contributed by atoms with E-state index in [2.05, 4.69) is 20.8 Å². The number of ether oxygens (including phenoxy) is 1. The minimum Gasteiger partial charge on any atom is -0.484 e. The van der Waals surface area contributed by atoms with Crippen LogP contribution in [0.4, 0.5) is 0 Å². The topological polar surface area (TPSA) is 49.8 Å². The van der Waals surface area contributed by atoms with Crippen molar-refractivity contribution in [2.24, 2.45) is 0 Å². The first-order chi connectivity index (χ1) is 9.86. The molecule has 1 saturated heterocycles. The van der Waals surface area contributed by atoms with Gasteiger partial charge in [-0.1, -0.05) is 32.9 Å². The highest BCUT2D eigenvalue weighted by atomic mass is 16.5.